The van der Waals surface area contributed by atoms with Crippen LogP contribution in [0.4, 0.5) is 10.1 Å². The molecular formula is C20H23FN2O2S. The summed E-state index contributed by atoms with van der Waals surface area (Å²) in [5.74, 6) is 0.843. The van der Waals surface area contributed by atoms with Gasteiger partial charge in [0.05, 0.1) is 5.75 Å². The summed E-state index contributed by atoms with van der Waals surface area (Å²) in [6.07, 6.45) is 0. The Hall–Kier alpha value is -2.34. The van der Waals surface area contributed by atoms with E-state index in [4.69, 9.17) is 0 Å². The average Bonchev–Trinajstić information content (AvgIpc) is 2.62. The lowest BCUT2D eigenvalue weighted by atomic mass is 10.1. The van der Waals surface area contributed by atoms with Gasteiger partial charge in [-0.3, -0.25) is 9.59 Å². The van der Waals surface area contributed by atoms with Crippen LogP contribution in [0.3, 0.4) is 0 Å². The normalized spacial score (nSPS) is 10.6. The zero-order valence-corrected chi connectivity index (χ0v) is 15.7. The predicted octanol–water partition coefficient (Wildman–Crippen LogP) is 4.08. The minimum absolute atomic E-state index is 0.0726. The molecule has 0 aliphatic heterocycles. The van der Waals surface area contributed by atoms with Crippen molar-refractivity contribution in [3.05, 3.63) is 65.5 Å². The highest BCUT2D eigenvalue weighted by Crippen LogP contribution is 2.15. The fourth-order valence-corrected chi connectivity index (χ4v) is 2.93. The molecule has 2 amide bonds. The molecule has 0 aliphatic rings. The summed E-state index contributed by atoms with van der Waals surface area (Å²) < 4.78 is 12.8. The maximum atomic E-state index is 12.8. The second kappa shape index (κ2) is 9.97. The second-order valence-corrected chi connectivity index (χ2v) is 7.33. The molecule has 2 N–H and O–H groups in total. The lowest BCUT2D eigenvalue weighted by Crippen LogP contribution is -2.27. The van der Waals surface area contributed by atoms with E-state index in [0.29, 0.717) is 35.2 Å². The smallest absolute Gasteiger partial charge is 0.251 e. The van der Waals surface area contributed by atoms with Crippen LogP contribution < -0.4 is 10.6 Å². The third kappa shape index (κ3) is 6.88. The zero-order valence-electron chi connectivity index (χ0n) is 14.9. The van der Waals surface area contributed by atoms with Crippen molar-refractivity contribution in [1.82, 2.24) is 5.32 Å². The van der Waals surface area contributed by atoms with E-state index in [1.165, 1.54) is 36.0 Å². The SMILES string of the molecule is CC(C)CNC(=O)c1ccc(CSCC(=O)Nc2ccc(F)cc2)cc1. The van der Waals surface area contributed by atoms with Gasteiger partial charge in [0.15, 0.2) is 0 Å². The molecule has 0 heterocycles. The minimum Gasteiger partial charge on any atom is -0.352 e. The lowest BCUT2D eigenvalue weighted by molar-refractivity contribution is -0.113. The Labute approximate surface area is 157 Å². The van der Waals surface area contributed by atoms with Crippen LogP contribution in [0.1, 0.15) is 29.8 Å². The van der Waals surface area contributed by atoms with E-state index in [1.54, 1.807) is 12.1 Å². The molecule has 0 aliphatic carbocycles. The van der Waals surface area contributed by atoms with E-state index in [2.05, 4.69) is 10.6 Å². The van der Waals surface area contributed by atoms with Crippen molar-refractivity contribution < 1.29 is 14.0 Å². The van der Waals surface area contributed by atoms with E-state index in [0.717, 1.165) is 5.56 Å². The van der Waals surface area contributed by atoms with Gasteiger partial charge in [0.25, 0.3) is 5.91 Å². The van der Waals surface area contributed by atoms with Crippen LogP contribution >= 0.6 is 11.8 Å². The molecule has 0 atom stereocenters. The molecule has 2 aromatic rings. The highest BCUT2D eigenvalue weighted by atomic mass is 32.2. The predicted molar refractivity (Wildman–Crippen MR) is 105 cm³/mol. The Morgan fingerprint density at radius 1 is 1.04 bits per heavy atom. The van der Waals surface area contributed by atoms with E-state index in [9.17, 15) is 14.0 Å². The van der Waals surface area contributed by atoms with Crippen LogP contribution in [-0.4, -0.2) is 24.1 Å². The van der Waals surface area contributed by atoms with Gasteiger partial charge in [-0.2, -0.15) is 0 Å². The van der Waals surface area contributed by atoms with Gasteiger partial charge >= 0.3 is 0 Å². The third-order valence-electron chi connectivity index (χ3n) is 3.52. The Morgan fingerprint density at radius 3 is 2.31 bits per heavy atom. The van der Waals surface area contributed by atoms with Gasteiger partial charge in [0.1, 0.15) is 5.82 Å². The molecule has 138 valence electrons. The fraction of sp³-hybridized carbons (Fsp3) is 0.300. The molecule has 0 saturated heterocycles. The number of carbonyl (C=O) groups is 2. The van der Waals surface area contributed by atoms with Crippen molar-refractivity contribution in [3.63, 3.8) is 0 Å². The summed E-state index contributed by atoms with van der Waals surface area (Å²) in [7, 11) is 0. The number of hydrogen-bond donors (Lipinski definition) is 2. The van der Waals surface area contributed by atoms with E-state index in [-0.39, 0.29) is 17.6 Å². The van der Waals surface area contributed by atoms with Crippen molar-refractivity contribution in [2.24, 2.45) is 5.92 Å². The molecule has 2 rings (SSSR count). The Bertz CT molecular complexity index is 730. The first-order valence-electron chi connectivity index (χ1n) is 8.44. The average molecular weight is 374 g/mol. The second-order valence-electron chi connectivity index (χ2n) is 6.35. The van der Waals surface area contributed by atoms with Crippen molar-refractivity contribution >= 4 is 29.3 Å². The number of benzene rings is 2. The van der Waals surface area contributed by atoms with Crippen LogP contribution in [0.5, 0.6) is 0 Å². The number of rotatable bonds is 8. The number of nitrogens with one attached hydrogen (secondary N) is 2. The van der Waals surface area contributed by atoms with Crippen molar-refractivity contribution in [1.29, 1.82) is 0 Å². The van der Waals surface area contributed by atoms with Crippen LogP contribution in [0, 0.1) is 11.7 Å². The molecule has 6 heteroatoms. The molecule has 0 saturated carbocycles. The lowest BCUT2D eigenvalue weighted by Gasteiger charge is -2.08. The highest BCUT2D eigenvalue weighted by Gasteiger charge is 2.07. The topological polar surface area (TPSA) is 58.2 Å². The summed E-state index contributed by atoms with van der Waals surface area (Å²) in [5.41, 5.74) is 2.26. The molecule has 0 spiro atoms. The standard InChI is InChI=1S/C20H23FN2O2S/c1-14(2)11-22-20(25)16-5-3-15(4-6-16)12-26-13-19(24)23-18-9-7-17(21)8-10-18/h3-10,14H,11-13H2,1-2H3,(H,22,25)(H,23,24). The molecular weight excluding hydrogens is 351 g/mol. The van der Waals surface area contributed by atoms with Crippen molar-refractivity contribution in [2.45, 2.75) is 19.6 Å². The van der Waals surface area contributed by atoms with Crippen LogP contribution in [-0.2, 0) is 10.5 Å². The van der Waals surface area contributed by atoms with Crippen LogP contribution in [0.25, 0.3) is 0 Å². The van der Waals surface area contributed by atoms with Crippen LogP contribution in [0.2, 0.25) is 0 Å². The number of thioether (sulfide) groups is 1. The molecule has 4 nitrogen and oxygen atoms in total. The number of amides is 2. The Balaban J connectivity index is 1.74. The summed E-state index contributed by atoms with van der Waals surface area (Å²) in [6, 6.07) is 13.1. The number of hydrogen-bond acceptors (Lipinski definition) is 3. The highest BCUT2D eigenvalue weighted by molar-refractivity contribution is 7.99. The van der Waals surface area contributed by atoms with Gasteiger partial charge in [-0.1, -0.05) is 26.0 Å². The fourth-order valence-electron chi connectivity index (χ4n) is 2.14. The zero-order chi connectivity index (χ0) is 18.9. The largest absolute Gasteiger partial charge is 0.352 e. The molecule has 0 aromatic heterocycles. The van der Waals surface area contributed by atoms with Gasteiger partial charge in [-0.15, -0.1) is 11.8 Å². The molecule has 2 aromatic carbocycles. The molecule has 0 unspecified atom stereocenters. The van der Waals surface area contributed by atoms with Gasteiger partial charge in [-0.05, 0) is 47.9 Å². The van der Waals surface area contributed by atoms with E-state index >= 15 is 0 Å². The van der Waals surface area contributed by atoms with Crippen LogP contribution in [0.15, 0.2) is 48.5 Å². The third-order valence-corrected chi connectivity index (χ3v) is 4.52. The van der Waals surface area contributed by atoms with Gasteiger partial charge < -0.3 is 10.6 Å². The first kappa shape index (κ1) is 20.0. The Kier molecular flexibility index (Phi) is 7.66. The molecule has 0 fully saturated rings. The maximum absolute atomic E-state index is 12.8. The quantitative estimate of drug-likeness (QED) is 0.732. The first-order valence-corrected chi connectivity index (χ1v) is 9.60. The summed E-state index contributed by atoms with van der Waals surface area (Å²) in [6.45, 7) is 4.75. The van der Waals surface area contributed by atoms with Crippen molar-refractivity contribution in [3.8, 4) is 0 Å². The van der Waals surface area contributed by atoms with Crippen molar-refractivity contribution in [2.75, 3.05) is 17.6 Å². The molecule has 0 bridgehead atoms. The number of carbonyl (C=O) groups excluding carboxylic acids is 2. The summed E-state index contributed by atoms with van der Waals surface area (Å²) in [5, 5.41) is 5.61. The number of anilines is 1. The summed E-state index contributed by atoms with van der Waals surface area (Å²) >= 11 is 1.48. The van der Waals surface area contributed by atoms with E-state index in [1.807, 2.05) is 26.0 Å². The van der Waals surface area contributed by atoms with Gasteiger partial charge in [0, 0.05) is 23.5 Å². The maximum Gasteiger partial charge on any atom is 0.251 e. The number of halogens is 1. The van der Waals surface area contributed by atoms with E-state index < -0.39 is 0 Å². The molecule has 26 heavy (non-hydrogen) atoms. The molecule has 0 radical (unpaired) electrons. The van der Waals surface area contributed by atoms with Gasteiger partial charge in [0.2, 0.25) is 5.91 Å². The minimum atomic E-state index is -0.335. The van der Waals surface area contributed by atoms with Gasteiger partial charge in [-0.25, -0.2) is 4.39 Å². The monoisotopic (exact) mass is 374 g/mol. The summed E-state index contributed by atoms with van der Waals surface area (Å²) in [4.78, 5) is 23.8. The first-order chi connectivity index (χ1) is 12.4. The Morgan fingerprint density at radius 2 is 1.69 bits per heavy atom.